The van der Waals surface area contributed by atoms with Gasteiger partial charge in [0.1, 0.15) is 6.61 Å². The van der Waals surface area contributed by atoms with Crippen LogP contribution < -0.4 is 14.8 Å². The molecule has 0 aromatic heterocycles. The topological polar surface area (TPSA) is 83.1 Å². The molecule has 0 spiro atoms. The highest BCUT2D eigenvalue weighted by Gasteiger charge is 2.42. The molecule has 1 heterocycles. The molecule has 37 heavy (non-hydrogen) atoms. The van der Waals surface area contributed by atoms with Crippen LogP contribution in [0.1, 0.15) is 55.2 Å². The largest absolute Gasteiger partial charge is 0.493 e. The molecule has 2 aliphatic rings. The van der Waals surface area contributed by atoms with Gasteiger partial charge in [-0.1, -0.05) is 30.3 Å². The zero-order chi connectivity index (χ0) is 26.5. The van der Waals surface area contributed by atoms with Crippen molar-refractivity contribution in [1.82, 2.24) is 5.32 Å². The molecule has 7 heteroatoms. The molecular weight excluding hydrogens is 470 g/mol. The molecule has 0 amide bonds. The lowest BCUT2D eigenvalue weighted by molar-refractivity contribution is -0.140. The SMILES string of the molecule is CCOCCOC(=O)C1=C(C)NC2=C(C(=O)C[C@@H](c3ccc(OC)c(OC)c3)C2)[C@@H]1c1ccccc1C. The average molecular weight is 506 g/mol. The van der Waals surface area contributed by atoms with Crippen LogP contribution in [0.15, 0.2) is 65.0 Å². The van der Waals surface area contributed by atoms with Gasteiger partial charge in [0.2, 0.25) is 0 Å². The number of ketones is 1. The summed E-state index contributed by atoms with van der Waals surface area (Å²) >= 11 is 0. The number of hydrogen-bond donors (Lipinski definition) is 1. The Morgan fingerprint density at radius 1 is 1.00 bits per heavy atom. The van der Waals surface area contributed by atoms with Crippen LogP contribution in [0.4, 0.5) is 0 Å². The van der Waals surface area contributed by atoms with Crippen molar-refractivity contribution < 1.29 is 28.5 Å². The zero-order valence-corrected chi connectivity index (χ0v) is 22.2. The third-order valence-electron chi connectivity index (χ3n) is 7.09. The minimum absolute atomic E-state index is 0.0221. The van der Waals surface area contributed by atoms with Crippen molar-refractivity contribution in [2.45, 2.75) is 45.4 Å². The Balaban J connectivity index is 1.72. The van der Waals surface area contributed by atoms with E-state index in [-0.39, 0.29) is 18.3 Å². The monoisotopic (exact) mass is 505 g/mol. The van der Waals surface area contributed by atoms with E-state index in [1.807, 2.05) is 63.2 Å². The van der Waals surface area contributed by atoms with Crippen molar-refractivity contribution in [1.29, 1.82) is 0 Å². The van der Waals surface area contributed by atoms with Crippen LogP contribution in [-0.4, -0.2) is 45.8 Å². The number of allylic oxidation sites excluding steroid dienone is 3. The quantitative estimate of drug-likeness (QED) is 0.381. The minimum Gasteiger partial charge on any atom is -0.493 e. The van der Waals surface area contributed by atoms with Gasteiger partial charge in [0.15, 0.2) is 17.3 Å². The van der Waals surface area contributed by atoms with Gasteiger partial charge in [-0.05, 0) is 61.9 Å². The summed E-state index contributed by atoms with van der Waals surface area (Å²) in [5.74, 6) is 0.359. The highest BCUT2D eigenvalue weighted by molar-refractivity contribution is 6.04. The van der Waals surface area contributed by atoms with Gasteiger partial charge < -0.3 is 24.3 Å². The fourth-order valence-electron chi connectivity index (χ4n) is 5.29. The van der Waals surface area contributed by atoms with Crippen LogP contribution >= 0.6 is 0 Å². The summed E-state index contributed by atoms with van der Waals surface area (Å²) in [6.07, 6.45) is 0.979. The lowest BCUT2D eigenvalue weighted by atomic mass is 9.71. The van der Waals surface area contributed by atoms with Gasteiger partial charge in [-0.3, -0.25) is 4.79 Å². The number of hydrogen-bond acceptors (Lipinski definition) is 7. The van der Waals surface area contributed by atoms with E-state index >= 15 is 0 Å². The number of dihydropyridines is 1. The summed E-state index contributed by atoms with van der Waals surface area (Å²) in [6.45, 7) is 6.82. The molecule has 0 radical (unpaired) electrons. The summed E-state index contributed by atoms with van der Waals surface area (Å²) in [4.78, 5) is 27.1. The van der Waals surface area contributed by atoms with Gasteiger partial charge in [0.05, 0.1) is 26.4 Å². The van der Waals surface area contributed by atoms with E-state index in [0.29, 0.717) is 54.4 Å². The number of carbonyl (C=O) groups is 2. The lowest BCUT2D eigenvalue weighted by Crippen LogP contribution is -2.36. The fraction of sp³-hybridized carbons (Fsp3) is 0.400. The van der Waals surface area contributed by atoms with Crippen LogP contribution in [0.5, 0.6) is 11.5 Å². The molecule has 0 bridgehead atoms. The van der Waals surface area contributed by atoms with Crippen LogP contribution in [-0.2, 0) is 19.1 Å². The Kier molecular flexibility index (Phi) is 8.34. The second kappa shape index (κ2) is 11.6. The first-order valence-corrected chi connectivity index (χ1v) is 12.7. The fourth-order valence-corrected chi connectivity index (χ4v) is 5.29. The van der Waals surface area contributed by atoms with E-state index in [1.165, 1.54) is 0 Å². The van der Waals surface area contributed by atoms with Gasteiger partial charge in [-0.2, -0.15) is 0 Å². The van der Waals surface area contributed by atoms with Crippen LogP contribution in [0.25, 0.3) is 0 Å². The summed E-state index contributed by atoms with van der Waals surface area (Å²) < 4.78 is 21.8. The van der Waals surface area contributed by atoms with Crippen LogP contribution in [0, 0.1) is 6.92 Å². The molecule has 0 saturated carbocycles. The summed E-state index contributed by atoms with van der Waals surface area (Å²) in [7, 11) is 3.21. The second-order valence-corrected chi connectivity index (χ2v) is 9.32. The van der Waals surface area contributed by atoms with Crippen LogP contribution in [0.3, 0.4) is 0 Å². The van der Waals surface area contributed by atoms with E-state index < -0.39 is 11.9 Å². The molecule has 1 N–H and O–H groups in total. The molecule has 2 aromatic carbocycles. The smallest absolute Gasteiger partial charge is 0.336 e. The molecule has 2 aromatic rings. The molecule has 1 aliphatic carbocycles. The van der Waals surface area contributed by atoms with Crippen molar-refractivity contribution in [2.75, 3.05) is 34.0 Å². The maximum Gasteiger partial charge on any atom is 0.336 e. The van der Waals surface area contributed by atoms with Gasteiger partial charge >= 0.3 is 5.97 Å². The highest BCUT2D eigenvalue weighted by atomic mass is 16.6. The number of Topliss-reactive ketones (excluding diaryl/α,β-unsaturated/α-hetero) is 1. The lowest BCUT2D eigenvalue weighted by Gasteiger charge is -2.37. The first kappa shape index (κ1) is 26.5. The van der Waals surface area contributed by atoms with Gasteiger partial charge in [0, 0.05) is 35.9 Å². The van der Waals surface area contributed by atoms with Crippen molar-refractivity contribution >= 4 is 11.8 Å². The molecule has 1 aliphatic heterocycles. The Bertz CT molecular complexity index is 1240. The molecule has 7 nitrogen and oxygen atoms in total. The summed E-state index contributed by atoms with van der Waals surface area (Å²) in [6, 6.07) is 13.7. The molecule has 4 rings (SSSR count). The molecule has 0 unspecified atom stereocenters. The minimum atomic E-state index is -0.490. The maximum absolute atomic E-state index is 13.8. The molecular formula is C30H35NO6. The Morgan fingerprint density at radius 2 is 1.76 bits per heavy atom. The van der Waals surface area contributed by atoms with Gasteiger partial charge in [-0.25, -0.2) is 4.79 Å². The molecule has 2 atom stereocenters. The third kappa shape index (κ3) is 5.42. The molecule has 0 fully saturated rings. The van der Waals surface area contributed by atoms with Crippen molar-refractivity contribution in [3.8, 4) is 11.5 Å². The first-order valence-electron chi connectivity index (χ1n) is 12.7. The number of esters is 1. The second-order valence-electron chi connectivity index (χ2n) is 9.32. The van der Waals surface area contributed by atoms with Crippen molar-refractivity contribution in [3.05, 3.63) is 81.7 Å². The number of ether oxygens (including phenoxy) is 4. The maximum atomic E-state index is 13.8. The standard InChI is InChI=1S/C30H35NO6/c1-6-36-13-14-37-30(33)27-19(3)31-23-15-21(20-11-12-25(34-4)26(17-20)35-5)16-24(32)29(23)28(27)22-10-8-7-9-18(22)2/h7-12,17,21,28,31H,6,13-16H2,1-5H3/t21-,28+/m0/s1. The number of nitrogens with one attached hydrogen (secondary N) is 1. The molecule has 0 saturated heterocycles. The van der Waals surface area contributed by atoms with Gasteiger partial charge in [0.25, 0.3) is 0 Å². The number of methoxy groups -OCH3 is 2. The Hall–Kier alpha value is -3.58. The average Bonchev–Trinajstić information content (AvgIpc) is 2.90. The number of rotatable bonds is 9. The Morgan fingerprint density at radius 3 is 2.46 bits per heavy atom. The summed E-state index contributed by atoms with van der Waals surface area (Å²) in [5, 5.41) is 3.40. The van der Waals surface area contributed by atoms with Crippen LogP contribution in [0.2, 0.25) is 0 Å². The normalized spacial score (nSPS) is 19.3. The highest BCUT2D eigenvalue weighted by Crippen LogP contribution is 2.47. The number of aryl methyl sites for hydroxylation is 1. The van der Waals surface area contributed by atoms with E-state index in [0.717, 1.165) is 22.4 Å². The van der Waals surface area contributed by atoms with E-state index in [1.54, 1.807) is 14.2 Å². The molecule has 196 valence electrons. The van der Waals surface area contributed by atoms with E-state index in [2.05, 4.69) is 5.32 Å². The Labute approximate surface area is 218 Å². The zero-order valence-electron chi connectivity index (χ0n) is 22.2. The van der Waals surface area contributed by atoms with Crippen molar-refractivity contribution in [3.63, 3.8) is 0 Å². The predicted molar refractivity (Wildman–Crippen MR) is 141 cm³/mol. The van der Waals surface area contributed by atoms with Crippen molar-refractivity contribution in [2.24, 2.45) is 0 Å². The number of carbonyl (C=O) groups excluding carboxylic acids is 2. The van der Waals surface area contributed by atoms with E-state index in [9.17, 15) is 9.59 Å². The first-order chi connectivity index (χ1) is 17.9. The predicted octanol–water partition coefficient (Wildman–Crippen LogP) is 4.95. The van der Waals surface area contributed by atoms with Gasteiger partial charge in [-0.15, -0.1) is 0 Å². The third-order valence-corrected chi connectivity index (χ3v) is 7.09. The number of benzene rings is 2. The summed E-state index contributed by atoms with van der Waals surface area (Å²) in [5.41, 5.74) is 5.64. The van der Waals surface area contributed by atoms with E-state index in [4.69, 9.17) is 18.9 Å².